The number of aliphatic carboxylic acids is 1. The van der Waals surface area contributed by atoms with E-state index in [2.05, 4.69) is 20.5 Å². The summed E-state index contributed by atoms with van der Waals surface area (Å²) in [5.74, 6) is -3.49. The summed E-state index contributed by atoms with van der Waals surface area (Å²) >= 11 is 6.38. The molecular formula is C22H21ClF4N8O5S. The maximum absolute atomic E-state index is 14.4. The number of pyridine rings is 1. The Bertz CT molecular complexity index is 1740. The molecule has 0 aromatic carbocycles. The summed E-state index contributed by atoms with van der Waals surface area (Å²) in [5.41, 5.74) is 7.00. The van der Waals surface area contributed by atoms with Gasteiger partial charge in [-0.3, -0.25) is 4.79 Å². The number of carbonyl (C=O) groups is 2. The van der Waals surface area contributed by atoms with Crippen LogP contribution in [0.2, 0.25) is 5.02 Å². The van der Waals surface area contributed by atoms with Gasteiger partial charge in [0.25, 0.3) is 5.91 Å². The first kappa shape index (κ1) is 29.8. The smallest absolute Gasteiger partial charge is 0.475 e. The van der Waals surface area contributed by atoms with E-state index in [0.29, 0.717) is 17.0 Å². The third-order valence-electron chi connectivity index (χ3n) is 6.04. The van der Waals surface area contributed by atoms with Gasteiger partial charge in [0.1, 0.15) is 16.9 Å². The van der Waals surface area contributed by atoms with Gasteiger partial charge in [0.2, 0.25) is 0 Å². The van der Waals surface area contributed by atoms with E-state index in [1.165, 1.54) is 15.2 Å². The standard InChI is InChI=1S/C20H20ClFN8O3S.C2HF3O2/c1-11(26-19(31)15-17(23)27-29-4-2-3-24-18(15)29)12-9-13(21)16-14(22)10-25-30(16)20(12)28-5-7-34(32,33)8-6-28;3-2(4,5)1(6)7/h2-4,9-11H,5-8H2,1H3,(H2,23,27)(H,26,31);(H,6,7)/t11-;/m0./s1. The number of nitrogens with one attached hydrogen (secondary N) is 1. The van der Waals surface area contributed by atoms with Gasteiger partial charge in [-0.15, -0.1) is 5.10 Å². The first-order chi connectivity index (χ1) is 19.1. The lowest BCUT2D eigenvalue weighted by Gasteiger charge is -2.32. The summed E-state index contributed by atoms with van der Waals surface area (Å²) in [6, 6.07) is 2.59. The SMILES string of the molecule is C[C@H](NC(=O)c1c(N)nn2cccnc12)c1cc(Cl)c2c(F)cnn2c1N1CCS(=O)(=O)CC1.O=C(O)C(F)(F)F. The fraction of sp³-hybridized carbons (Fsp3) is 0.318. The number of nitrogens with zero attached hydrogens (tertiary/aromatic N) is 6. The Labute approximate surface area is 233 Å². The normalized spacial score (nSPS) is 15.8. The molecule has 1 amide bonds. The van der Waals surface area contributed by atoms with E-state index in [9.17, 15) is 30.8 Å². The van der Waals surface area contributed by atoms with E-state index < -0.39 is 39.7 Å². The molecule has 0 bridgehead atoms. The average Bonchev–Trinajstić information content (AvgIpc) is 3.43. The van der Waals surface area contributed by atoms with Gasteiger partial charge < -0.3 is 21.1 Å². The molecule has 0 spiro atoms. The molecule has 4 aromatic rings. The Kier molecular flexibility index (Phi) is 7.99. The molecule has 0 unspecified atom stereocenters. The lowest BCUT2D eigenvalue weighted by atomic mass is 10.1. The molecule has 1 aliphatic rings. The molecular weight excluding hydrogens is 600 g/mol. The zero-order valence-corrected chi connectivity index (χ0v) is 22.5. The molecule has 13 nitrogen and oxygen atoms in total. The number of carboxylic acids is 1. The van der Waals surface area contributed by atoms with Gasteiger partial charge in [-0.05, 0) is 19.1 Å². The highest BCUT2D eigenvalue weighted by Crippen LogP contribution is 2.34. The molecule has 1 atom stereocenters. The molecule has 4 aromatic heterocycles. The molecule has 0 radical (unpaired) electrons. The van der Waals surface area contributed by atoms with Crippen LogP contribution in [-0.2, 0) is 14.6 Å². The highest BCUT2D eigenvalue weighted by molar-refractivity contribution is 7.91. The van der Waals surface area contributed by atoms with Crippen molar-refractivity contribution < 1.29 is 40.7 Å². The monoisotopic (exact) mass is 620 g/mol. The number of carbonyl (C=O) groups excluding carboxylic acids is 1. The molecule has 220 valence electrons. The number of aromatic nitrogens is 5. The number of alkyl halides is 3. The summed E-state index contributed by atoms with van der Waals surface area (Å²) in [5, 5.41) is 18.3. The largest absolute Gasteiger partial charge is 0.490 e. The van der Waals surface area contributed by atoms with Gasteiger partial charge in [0, 0.05) is 31.0 Å². The van der Waals surface area contributed by atoms with Crippen LogP contribution in [0.3, 0.4) is 0 Å². The van der Waals surface area contributed by atoms with Crippen LogP contribution in [0.1, 0.15) is 28.9 Å². The van der Waals surface area contributed by atoms with Crippen LogP contribution >= 0.6 is 11.6 Å². The van der Waals surface area contributed by atoms with Crippen molar-refractivity contribution in [1.29, 1.82) is 0 Å². The zero-order chi connectivity index (χ0) is 30.3. The number of nitrogen functional groups attached to an aromatic ring is 1. The van der Waals surface area contributed by atoms with Crippen molar-refractivity contribution >= 4 is 56.1 Å². The molecule has 1 saturated heterocycles. The van der Waals surface area contributed by atoms with Crippen molar-refractivity contribution in [3.05, 3.63) is 52.7 Å². The van der Waals surface area contributed by atoms with Crippen LogP contribution in [0.5, 0.6) is 0 Å². The number of hydrogen-bond donors (Lipinski definition) is 3. The van der Waals surface area contributed by atoms with Crippen LogP contribution in [0.15, 0.2) is 30.7 Å². The predicted molar refractivity (Wildman–Crippen MR) is 138 cm³/mol. The van der Waals surface area contributed by atoms with E-state index in [1.807, 2.05) is 0 Å². The summed E-state index contributed by atoms with van der Waals surface area (Å²) in [6.45, 7) is 2.12. The minimum atomic E-state index is -5.08. The number of sulfone groups is 1. The van der Waals surface area contributed by atoms with Crippen LogP contribution in [0.4, 0.5) is 29.2 Å². The zero-order valence-electron chi connectivity index (χ0n) is 20.9. The lowest BCUT2D eigenvalue weighted by Crippen LogP contribution is -2.42. The average molecular weight is 621 g/mol. The summed E-state index contributed by atoms with van der Waals surface area (Å²) < 4.78 is 72.8. The minimum absolute atomic E-state index is 0.0208. The molecule has 0 aliphatic carbocycles. The Hall–Kier alpha value is -4.19. The van der Waals surface area contributed by atoms with Crippen molar-refractivity contribution in [3.8, 4) is 0 Å². The number of amides is 1. The van der Waals surface area contributed by atoms with Crippen molar-refractivity contribution in [2.45, 2.75) is 19.1 Å². The number of nitrogens with two attached hydrogens (primary N) is 1. The van der Waals surface area contributed by atoms with Crippen molar-refractivity contribution in [2.24, 2.45) is 0 Å². The van der Waals surface area contributed by atoms with Crippen molar-refractivity contribution in [1.82, 2.24) is 29.5 Å². The van der Waals surface area contributed by atoms with Crippen LogP contribution in [0.25, 0.3) is 11.2 Å². The second-order valence-electron chi connectivity index (χ2n) is 8.81. The molecule has 1 fully saturated rings. The second kappa shape index (κ2) is 11.0. The predicted octanol–water partition coefficient (Wildman–Crippen LogP) is 2.11. The summed E-state index contributed by atoms with van der Waals surface area (Å²) in [6.07, 6.45) is -0.885. The lowest BCUT2D eigenvalue weighted by molar-refractivity contribution is -0.192. The van der Waals surface area contributed by atoms with Gasteiger partial charge in [0.15, 0.2) is 27.1 Å². The van der Waals surface area contributed by atoms with E-state index in [0.717, 1.165) is 6.20 Å². The maximum Gasteiger partial charge on any atom is 0.490 e. The van der Waals surface area contributed by atoms with Crippen LogP contribution < -0.4 is 16.0 Å². The maximum atomic E-state index is 14.4. The van der Waals surface area contributed by atoms with Gasteiger partial charge in [-0.25, -0.2) is 31.6 Å². The second-order valence-corrected chi connectivity index (χ2v) is 11.5. The first-order valence-electron chi connectivity index (χ1n) is 11.6. The molecule has 41 heavy (non-hydrogen) atoms. The van der Waals surface area contributed by atoms with Crippen LogP contribution in [0, 0.1) is 5.82 Å². The van der Waals surface area contributed by atoms with E-state index in [4.69, 9.17) is 27.2 Å². The Balaban J connectivity index is 0.000000493. The van der Waals surface area contributed by atoms with Crippen molar-refractivity contribution in [3.63, 3.8) is 0 Å². The highest BCUT2D eigenvalue weighted by Gasteiger charge is 2.38. The fourth-order valence-corrected chi connectivity index (χ4v) is 5.61. The summed E-state index contributed by atoms with van der Waals surface area (Å²) in [7, 11) is -3.16. The minimum Gasteiger partial charge on any atom is -0.475 e. The molecule has 0 saturated carbocycles. The third kappa shape index (κ3) is 6.12. The number of anilines is 2. The van der Waals surface area contributed by atoms with Gasteiger partial charge >= 0.3 is 12.1 Å². The molecule has 19 heteroatoms. The quantitative estimate of drug-likeness (QED) is 0.286. The molecule has 5 rings (SSSR count). The number of carboxylic acid groups (broad SMARTS) is 1. The fourth-order valence-electron chi connectivity index (χ4n) is 4.12. The van der Waals surface area contributed by atoms with Gasteiger partial charge in [-0.2, -0.15) is 18.3 Å². The Morgan fingerprint density at radius 2 is 1.88 bits per heavy atom. The number of rotatable bonds is 4. The number of halogens is 5. The topological polar surface area (TPSA) is 177 Å². The number of fused-ring (bicyclic) bond motifs is 2. The van der Waals surface area contributed by atoms with E-state index in [-0.39, 0.29) is 46.5 Å². The first-order valence-corrected chi connectivity index (χ1v) is 13.8. The molecule has 1 aliphatic heterocycles. The van der Waals surface area contributed by atoms with Crippen LogP contribution in [-0.4, -0.2) is 80.4 Å². The Morgan fingerprint density at radius 3 is 2.49 bits per heavy atom. The van der Waals surface area contributed by atoms with E-state index in [1.54, 1.807) is 30.2 Å². The number of hydrogen-bond acceptors (Lipinski definition) is 9. The van der Waals surface area contributed by atoms with Gasteiger partial charge in [-0.1, -0.05) is 11.6 Å². The third-order valence-corrected chi connectivity index (χ3v) is 7.94. The molecule has 4 N–H and O–H groups in total. The molecule has 5 heterocycles. The Morgan fingerprint density at radius 1 is 1.24 bits per heavy atom. The highest BCUT2D eigenvalue weighted by atomic mass is 35.5. The van der Waals surface area contributed by atoms with Gasteiger partial charge in [0.05, 0.1) is 28.8 Å². The van der Waals surface area contributed by atoms with Crippen molar-refractivity contribution in [2.75, 3.05) is 35.2 Å². The summed E-state index contributed by atoms with van der Waals surface area (Å²) in [4.78, 5) is 28.0. The van der Waals surface area contributed by atoms with E-state index >= 15 is 0 Å².